The first-order valence-electron chi connectivity index (χ1n) is 9.43. The number of benzene rings is 2. The Morgan fingerprint density at radius 2 is 1.81 bits per heavy atom. The molecule has 164 valence electrons. The van der Waals surface area contributed by atoms with Crippen LogP contribution in [-0.2, 0) is 15.6 Å². The number of aromatic nitrogens is 2. The molecule has 10 heteroatoms. The van der Waals surface area contributed by atoms with E-state index in [1.54, 1.807) is 36.7 Å². The Kier molecular flexibility index (Phi) is 6.11. The number of nitrogens with zero attached hydrogens (tertiary/aromatic N) is 1. The quantitative estimate of drug-likeness (QED) is 0.407. The van der Waals surface area contributed by atoms with Crippen LogP contribution >= 0.6 is 19.0 Å². The second-order valence-corrected chi connectivity index (χ2v) is 9.81. The van der Waals surface area contributed by atoms with E-state index in [1.807, 2.05) is 0 Å². The largest absolute Gasteiger partial charge is 0.350 e. The predicted octanol–water partition coefficient (Wildman–Crippen LogP) is 4.30. The number of rotatable bonds is 6. The molecule has 0 saturated heterocycles. The van der Waals surface area contributed by atoms with Crippen molar-refractivity contribution in [2.75, 3.05) is 7.11 Å². The molecule has 1 amide bonds. The number of carbonyl (C=O) groups excluding carboxylic acids is 1. The minimum atomic E-state index is -4.10. The molecular weight excluding hydrogens is 459 g/mol. The second-order valence-electron chi connectivity index (χ2n) is 6.94. The van der Waals surface area contributed by atoms with Crippen LogP contribution < -0.4 is 15.9 Å². The molecule has 6 nitrogen and oxygen atoms in total. The second kappa shape index (κ2) is 8.82. The van der Waals surface area contributed by atoms with Gasteiger partial charge in [0.1, 0.15) is 17.3 Å². The highest BCUT2D eigenvalue weighted by atomic mass is 35.5. The minimum absolute atomic E-state index is 0.0188. The third kappa shape index (κ3) is 4.17. The summed E-state index contributed by atoms with van der Waals surface area (Å²) in [5.74, 6) is -2.41. The molecule has 0 bridgehead atoms. The standard InChI is InChI=1S/C22H17ClF2N3O3P/c1-31-32(30,17-10-15(24)9-16(25)11-17)21-18-8-14(23)2-3-19(18)28-20(21)22(29)27-12-13-4-6-26-7-5-13/h2-11,28H,12H2,1H3,(H,27,29). The van der Waals surface area contributed by atoms with Gasteiger partial charge in [-0.25, -0.2) is 8.78 Å². The molecule has 2 aromatic heterocycles. The number of aromatic amines is 1. The molecule has 0 fully saturated rings. The van der Waals surface area contributed by atoms with Crippen molar-refractivity contribution in [3.63, 3.8) is 0 Å². The number of carbonyl (C=O) groups is 1. The van der Waals surface area contributed by atoms with E-state index in [0.717, 1.165) is 24.8 Å². The molecule has 2 aromatic carbocycles. The lowest BCUT2D eigenvalue weighted by Crippen LogP contribution is -2.30. The zero-order valence-corrected chi connectivity index (χ0v) is 18.4. The van der Waals surface area contributed by atoms with Gasteiger partial charge in [-0.05, 0) is 48.0 Å². The number of hydrogen-bond donors (Lipinski definition) is 2. The maximum Gasteiger partial charge on any atom is 0.268 e. The fourth-order valence-corrected chi connectivity index (χ4v) is 5.79. The first kappa shape index (κ1) is 22.1. The van der Waals surface area contributed by atoms with Crippen molar-refractivity contribution in [3.05, 3.63) is 88.8 Å². The minimum Gasteiger partial charge on any atom is -0.350 e. The number of hydrogen-bond acceptors (Lipinski definition) is 4. The Labute approximate surface area is 187 Å². The van der Waals surface area contributed by atoms with E-state index in [9.17, 15) is 18.1 Å². The number of H-pyrrole nitrogens is 1. The highest BCUT2D eigenvalue weighted by molar-refractivity contribution is 7.75. The predicted molar refractivity (Wildman–Crippen MR) is 119 cm³/mol. The van der Waals surface area contributed by atoms with Crippen molar-refractivity contribution < 1.29 is 22.7 Å². The van der Waals surface area contributed by atoms with E-state index < -0.39 is 24.9 Å². The molecule has 4 aromatic rings. The van der Waals surface area contributed by atoms with Crippen molar-refractivity contribution in [1.29, 1.82) is 0 Å². The van der Waals surface area contributed by atoms with Crippen LogP contribution in [-0.4, -0.2) is 23.0 Å². The van der Waals surface area contributed by atoms with E-state index in [-0.39, 0.29) is 22.8 Å². The van der Waals surface area contributed by atoms with Gasteiger partial charge in [0.2, 0.25) is 0 Å². The van der Waals surface area contributed by atoms with Gasteiger partial charge in [0.25, 0.3) is 13.3 Å². The number of fused-ring (bicyclic) bond motifs is 1. The van der Waals surface area contributed by atoms with E-state index in [1.165, 1.54) is 6.07 Å². The fraction of sp³-hybridized carbons (Fsp3) is 0.0909. The van der Waals surface area contributed by atoms with Crippen molar-refractivity contribution in [2.45, 2.75) is 6.54 Å². The van der Waals surface area contributed by atoms with Crippen molar-refractivity contribution in [2.24, 2.45) is 0 Å². The maximum atomic E-state index is 14.1. The van der Waals surface area contributed by atoms with Gasteiger partial charge < -0.3 is 14.8 Å². The summed E-state index contributed by atoms with van der Waals surface area (Å²) in [6, 6.07) is 10.7. The number of halogens is 3. The van der Waals surface area contributed by atoms with Crippen molar-refractivity contribution in [1.82, 2.24) is 15.3 Å². The van der Waals surface area contributed by atoms with Gasteiger partial charge in [-0.1, -0.05) is 11.6 Å². The Balaban J connectivity index is 1.87. The summed E-state index contributed by atoms with van der Waals surface area (Å²) in [5.41, 5.74) is 1.22. The van der Waals surface area contributed by atoms with Crippen molar-refractivity contribution >= 4 is 46.4 Å². The Hall–Kier alpha value is -3.06. The highest BCUT2D eigenvalue weighted by Crippen LogP contribution is 2.47. The number of nitrogens with one attached hydrogen (secondary N) is 2. The molecule has 0 saturated carbocycles. The van der Waals surface area contributed by atoms with Crippen LogP contribution in [0.25, 0.3) is 10.9 Å². The molecule has 0 spiro atoms. The Morgan fingerprint density at radius 1 is 1.12 bits per heavy atom. The van der Waals surface area contributed by atoms with Crippen LogP contribution in [0.2, 0.25) is 5.02 Å². The van der Waals surface area contributed by atoms with Crippen LogP contribution in [0.15, 0.2) is 60.9 Å². The fourth-order valence-electron chi connectivity index (χ4n) is 3.43. The van der Waals surface area contributed by atoms with Crippen molar-refractivity contribution in [3.8, 4) is 0 Å². The van der Waals surface area contributed by atoms with Gasteiger partial charge in [-0.3, -0.25) is 14.3 Å². The molecule has 0 aliphatic rings. The smallest absolute Gasteiger partial charge is 0.268 e. The van der Waals surface area contributed by atoms with Gasteiger partial charge in [-0.15, -0.1) is 0 Å². The summed E-state index contributed by atoms with van der Waals surface area (Å²) >= 11 is 6.14. The van der Waals surface area contributed by atoms with Crippen LogP contribution in [0.3, 0.4) is 0 Å². The lowest BCUT2D eigenvalue weighted by Gasteiger charge is -2.18. The third-order valence-corrected chi connectivity index (χ3v) is 7.64. The Morgan fingerprint density at radius 3 is 2.47 bits per heavy atom. The molecule has 0 radical (unpaired) electrons. The monoisotopic (exact) mass is 475 g/mol. The van der Waals surface area contributed by atoms with E-state index >= 15 is 0 Å². The molecule has 0 aliphatic carbocycles. The lowest BCUT2D eigenvalue weighted by atomic mass is 10.2. The SMILES string of the molecule is COP(=O)(c1cc(F)cc(F)c1)c1c(C(=O)NCc2ccncc2)[nH]c2ccc(Cl)cc12. The van der Waals surface area contributed by atoms with Crippen LogP contribution in [0.5, 0.6) is 0 Å². The maximum absolute atomic E-state index is 14.1. The molecule has 0 aliphatic heterocycles. The summed E-state index contributed by atoms with van der Waals surface area (Å²) in [5, 5.41) is 3.18. The number of pyridine rings is 1. The van der Waals surface area contributed by atoms with Crippen LogP contribution in [0.1, 0.15) is 16.1 Å². The molecule has 2 heterocycles. The summed E-state index contributed by atoms with van der Waals surface area (Å²) in [7, 11) is -2.95. The molecule has 4 rings (SSSR count). The highest BCUT2D eigenvalue weighted by Gasteiger charge is 2.36. The van der Waals surface area contributed by atoms with Gasteiger partial charge >= 0.3 is 0 Å². The average molecular weight is 476 g/mol. The normalized spacial score (nSPS) is 13.1. The number of amides is 1. The van der Waals surface area contributed by atoms with E-state index in [4.69, 9.17) is 16.1 Å². The van der Waals surface area contributed by atoms with E-state index in [2.05, 4.69) is 15.3 Å². The summed E-state index contributed by atoms with van der Waals surface area (Å²) in [6.07, 6.45) is 3.19. The van der Waals surface area contributed by atoms with Gasteiger partial charge in [0.05, 0.1) is 5.30 Å². The topological polar surface area (TPSA) is 84.1 Å². The third-order valence-electron chi connectivity index (χ3n) is 4.90. The molecule has 32 heavy (non-hydrogen) atoms. The summed E-state index contributed by atoms with van der Waals surface area (Å²) in [6.45, 7) is 0.183. The van der Waals surface area contributed by atoms with E-state index in [0.29, 0.717) is 22.0 Å². The first-order chi connectivity index (χ1) is 15.3. The zero-order chi connectivity index (χ0) is 22.9. The van der Waals surface area contributed by atoms with Crippen LogP contribution in [0.4, 0.5) is 8.78 Å². The first-order valence-corrected chi connectivity index (χ1v) is 11.4. The zero-order valence-electron chi connectivity index (χ0n) is 16.7. The van der Waals surface area contributed by atoms with Gasteiger partial charge in [0, 0.05) is 53.3 Å². The lowest BCUT2D eigenvalue weighted by molar-refractivity contribution is 0.0947. The Bertz CT molecular complexity index is 1340. The summed E-state index contributed by atoms with van der Waals surface area (Å²) < 4.78 is 47.3. The van der Waals surface area contributed by atoms with Gasteiger partial charge in [0.15, 0.2) is 0 Å². The summed E-state index contributed by atoms with van der Waals surface area (Å²) in [4.78, 5) is 20.0. The molecular formula is C22H17ClF2N3O3P. The molecule has 2 N–H and O–H groups in total. The van der Waals surface area contributed by atoms with Gasteiger partial charge in [-0.2, -0.15) is 0 Å². The van der Waals surface area contributed by atoms with Crippen LogP contribution in [0, 0.1) is 11.6 Å². The molecule has 1 unspecified atom stereocenters. The average Bonchev–Trinajstić information content (AvgIpc) is 3.16. The molecule has 1 atom stereocenters.